The maximum Gasteiger partial charge on any atom is 0.198 e. The van der Waals surface area contributed by atoms with Crippen molar-refractivity contribution in [2.24, 2.45) is 4.99 Å². The second-order valence-electron chi connectivity index (χ2n) is 9.39. The molecular formula is C26H42Cl3N2O3+. The molecule has 1 unspecified atom stereocenters. The van der Waals surface area contributed by atoms with Gasteiger partial charge in [0.2, 0.25) is 0 Å². The third kappa shape index (κ3) is 9.83. The second kappa shape index (κ2) is 16.2. The van der Waals surface area contributed by atoms with E-state index in [1.807, 2.05) is 0 Å². The summed E-state index contributed by atoms with van der Waals surface area (Å²) < 4.78 is 6.27. The molecule has 5 nitrogen and oxygen atoms in total. The first-order valence-corrected chi connectivity index (χ1v) is 14.0. The SMILES string of the molecule is CCCCCCCCCCCCC1=NCC[N+]1(CCO)C[C@H](O)COc1cc(Cl)c(Cl)cc1Cl. The number of hydrogen-bond acceptors (Lipinski definition) is 4. The van der Waals surface area contributed by atoms with E-state index in [2.05, 4.69) is 6.92 Å². The maximum atomic E-state index is 10.8. The molecule has 0 radical (unpaired) electrons. The smallest absolute Gasteiger partial charge is 0.198 e. The summed E-state index contributed by atoms with van der Waals surface area (Å²) in [7, 11) is 0. The Morgan fingerprint density at radius 2 is 1.56 bits per heavy atom. The van der Waals surface area contributed by atoms with Gasteiger partial charge in [0.25, 0.3) is 0 Å². The molecule has 0 amide bonds. The molecule has 8 heteroatoms. The molecule has 0 saturated heterocycles. The molecule has 0 bridgehead atoms. The third-order valence-electron chi connectivity index (χ3n) is 6.62. The van der Waals surface area contributed by atoms with Gasteiger partial charge in [-0.1, -0.05) is 99.5 Å². The molecule has 2 atom stereocenters. The molecule has 1 aromatic rings. The van der Waals surface area contributed by atoms with Crippen LogP contribution in [0.2, 0.25) is 15.1 Å². The van der Waals surface area contributed by atoms with Gasteiger partial charge in [-0.25, -0.2) is 4.99 Å². The van der Waals surface area contributed by atoms with E-state index in [4.69, 9.17) is 44.5 Å². The summed E-state index contributed by atoms with van der Waals surface area (Å²) in [5.41, 5.74) is 0. The fourth-order valence-corrected chi connectivity index (χ4v) is 5.30. The Morgan fingerprint density at radius 3 is 2.21 bits per heavy atom. The number of amidine groups is 1. The van der Waals surface area contributed by atoms with Crippen molar-refractivity contribution in [3.8, 4) is 5.75 Å². The molecule has 0 aliphatic carbocycles. The zero-order chi connectivity index (χ0) is 24.8. The van der Waals surface area contributed by atoms with E-state index in [1.165, 1.54) is 63.9 Å². The van der Waals surface area contributed by atoms with Gasteiger partial charge in [-0.05, 0) is 12.5 Å². The monoisotopic (exact) mass is 535 g/mol. The lowest BCUT2D eigenvalue weighted by Crippen LogP contribution is -2.56. The van der Waals surface area contributed by atoms with Crippen molar-refractivity contribution in [3.63, 3.8) is 0 Å². The van der Waals surface area contributed by atoms with Crippen LogP contribution in [0.3, 0.4) is 0 Å². The molecule has 0 saturated carbocycles. The number of nitrogens with zero attached hydrogens (tertiary/aromatic N) is 2. The molecule has 0 spiro atoms. The average molecular weight is 537 g/mol. The molecule has 0 aromatic heterocycles. The van der Waals surface area contributed by atoms with Crippen molar-refractivity contribution in [2.75, 3.05) is 39.4 Å². The van der Waals surface area contributed by atoms with Crippen molar-refractivity contribution < 1.29 is 19.4 Å². The predicted octanol–water partition coefficient (Wildman–Crippen LogP) is 6.92. The minimum atomic E-state index is -0.729. The van der Waals surface area contributed by atoms with Crippen LogP contribution in [0.5, 0.6) is 5.75 Å². The van der Waals surface area contributed by atoms with Crippen LogP contribution in [0, 0.1) is 0 Å². The lowest BCUT2D eigenvalue weighted by molar-refractivity contribution is -0.840. The molecule has 1 aromatic carbocycles. The van der Waals surface area contributed by atoms with Gasteiger partial charge in [-0.2, -0.15) is 0 Å². The van der Waals surface area contributed by atoms with Crippen molar-refractivity contribution in [3.05, 3.63) is 27.2 Å². The van der Waals surface area contributed by atoms with E-state index < -0.39 is 6.10 Å². The first kappa shape index (κ1) is 29.7. The number of hydrogen-bond donors (Lipinski definition) is 2. The van der Waals surface area contributed by atoms with Crippen LogP contribution < -0.4 is 4.74 Å². The fourth-order valence-electron chi connectivity index (χ4n) is 4.71. The highest BCUT2D eigenvalue weighted by Crippen LogP contribution is 2.34. The lowest BCUT2D eigenvalue weighted by atomic mass is 10.1. The minimum Gasteiger partial charge on any atom is -0.489 e. The van der Waals surface area contributed by atoms with Crippen LogP contribution in [-0.2, 0) is 0 Å². The zero-order valence-electron chi connectivity index (χ0n) is 20.6. The van der Waals surface area contributed by atoms with E-state index in [1.54, 1.807) is 6.07 Å². The molecule has 2 rings (SSSR count). The van der Waals surface area contributed by atoms with Gasteiger partial charge in [-0.3, -0.25) is 4.48 Å². The largest absolute Gasteiger partial charge is 0.489 e. The van der Waals surface area contributed by atoms with Crippen molar-refractivity contribution in [2.45, 2.75) is 83.7 Å². The Kier molecular flexibility index (Phi) is 14.2. The van der Waals surface area contributed by atoms with Gasteiger partial charge in [-0.15, -0.1) is 0 Å². The van der Waals surface area contributed by atoms with Crippen molar-refractivity contribution in [1.29, 1.82) is 0 Å². The fraction of sp³-hybridized carbons (Fsp3) is 0.731. The maximum absolute atomic E-state index is 10.8. The molecule has 0 fully saturated rings. The number of halogens is 3. The topological polar surface area (TPSA) is 62.1 Å². The number of aliphatic hydroxyl groups is 2. The molecule has 34 heavy (non-hydrogen) atoms. The summed E-state index contributed by atoms with van der Waals surface area (Å²) in [4.78, 5) is 4.76. The summed E-state index contributed by atoms with van der Waals surface area (Å²) in [5, 5.41) is 21.6. The quantitative estimate of drug-likeness (QED) is 0.122. The Hall–Kier alpha value is -0.560. The average Bonchev–Trinajstić information content (AvgIpc) is 3.18. The normalized spacial score (nSPS) is 18.8. The number of benzene rings is 1. The van der Waals surface area contributed by atoms with E-state index in [0.29, 0.717) is 38.4 Å². The number of aliphatic imine (C=N–C) groups is 1. The first-order valence-electron chi connectivity index (χ1n) is 12.9. The summed E-state index contributed by atoms with van der Waals surface area (Å²) in [6, 6.07) is 3.09. The summed E-state index contributed by atoms with van der Waals surface area (Å²) >= 11 is 18.2. The molecule has 2 N–H and O–H groups in total. The van der Waals surface area contributed by atoms with Crippen LogP contribution >= 0.6 is 34.8 Å². The van der Waals surface area contributed by atoms with Gasteiger partial charge in [0.15, 0.2) is 5.84 Å². The van der Waals surface area contributed by atoms with Gasteiger partial charge in [0, 0.05) is 12.5 Å². The number of rotatable bonds is 18. The van der Waals surface area contributed by atoms with Gasteiger partial charge in [0.05, 0.1) is 28.2 Å². The number of unbranched alkanes of at least 4 members (excludes halogenated alkanes) is 9. The lowest BCUT2D eigenvalue weighted by Gasteiger charge is -2.36. The Morgan fingerprint density at radius 1 is 0.941 bits per heavy atom. The van der Waals surface area contributed by atoms with Crippen LogP contribution in [0.25, 0.3) is 0 Å². The van der Waals surface area contributed by atoms with Crippen LogP contribution in [0.4, 0.5) is 0 Å². The number of quaternary nitrogens is 1. The van der Waals surface area contributed by atoms with Crippen LogP contribution in [0.15, 0.2) is 17.1 Å². The predicted molar refractivity (Wildman–Crippen MR) is 144 cm³/mol. The standard InChI is InChI=1S/C26H42Cl3N2O3/c1-2-3-4-5-6-7-8-9-10-11-12-26-30-13-14-31(26,15-16-32)19-21(33)20-34-25-18-23(28)22(27)17-24(25)29/h17-18,21,32-33H,2-16,19-20H2,1H3/q+1/t21-,31?/m0/s1. The molecule has 194 valence electrons. The molecular weight excluding hydrogens is 495 g/mol. The highest BCUT2D eigenvalue weighted by molar-refractivity contribution is 6.43. The van der Waals surface area contributed by atoms with Crippen molar-refractivity contribution >= 4 is 40.6 Å². The highest BCUT2D eigenvalue weighted by atomic mass is 35.5. The highest BCUT2D eigenvalue weighted by Gasteiger charge is 2.39. The van der Waals surface area contributed by atoms with Gasteiger partial charge < -0.3 is 14.9 Å². The Labute approximate surface area is 220 Å². The van der Waals surface area contributed by atoms with Crippen molar-refractivity contribution in [1.82, 2.24) is 0 Å². The van der Waals surface area contributed by atoms with Gasteiger partial charge >= 0.3 is 0 Å². The first-order chi connectivity index (χ1) is 16.4. The Balaban J connectivity index is 1.77. The van der Waals surface area contributed by atoms with E-state index >= 15 is 0 Å². The van der Waals surface area contributed by atoms with Crippen LogP contribution in [0.1, 0.15) is 77.6 Å². The van der Waals surface area contributed by atoms with Gasteiger partial charge in [0.1, 0.15) is 38.1 Å². The summed E-state index contributed by atoms with van der Waals surface area (Å²) in [5.74, 6) is 1.49. The summed E-state index contributed by atoms with van der Waals surface area (Å²) in [6.45, 7) is 4.94. The van der Waals surface area contributed by atoms with E-state index in [0.717, 1.165) is 31.8 Å². The molecule has 1 aliphatic rings. The number of ether oxygens (including phenoxy) is 1. The Bertz CT molecular complexity index is 763. The van der Waals surface area contributed by atoms with E-state index in [9.17, 15) is 10.2 Å². The molecule has 1 aliphatic heterocycles. The van der Waals surface area contributed by atoms with E-state index in [-0.39, 0.29) is 13.2 Å². The summed E-state index contributed by atoms with van der Waals surface area (Å²) in [6.07, 6.45) is 13.2. The zero-order valence-corrected chi connectivity index (χ0v) is 22.9. The minimum absolute atomic E-state index is 0.0588. The number of aliphatic hydroxyl groups excluding tert-OH is 2. The third-order valence-corrected chi connectivity index (χ3v) is 7.64. The second-order valence-corrected chi connectivity index (χ2v) is 10.6. The van der Waals surface area contributed by atoms with Crippen LogP contribution in [-0.4, -0.2) is 66.0 Å². The molecule has 1 heterocycles.